The molecule has 3 rings (SSSR count). The molecule has 22 heteroatoms. The van der Waals surface area contributed by atoms with Crippen molar-refractivity contribution in [3.05, 3.63) is 16.7 Å². The van der Waals surface area contributed by atoms with Crippen LogP contribution in [0.25, 0.3) is 11.2 Å². The summed E-state index contributed by atoms with van der Waals surface area (Å²) in [6.45, 7) is 0.379. The van der Waals surface area contributed by atoms with Gasteiger partial charge in [-0.05, 0) is 6.92 Å². The number of nitrogens with two attached hydrogens (primary N) is 1. The zero-order chi connectivity index (χ0) is 26.4. The molecule has 2 aromatic heterocycles. The molecule has 0 bridgehead atoms. The summed E-state index contributed by atoms with van der Waals surface area (Å²) in [6.07, 6.45) is -3.60. The summed E-state index contributed by atoms with van der Waals surface area (Å²) in [5, 5.41) is 10.7. The van der Waals surface area contributed by atoms with Crippen LogP contribution in [0, 0.1) is 11.8 Å². The SMILES string of the molecule is CC#CC1(Cl)[C@@H](O)[C@@H](COP(=O)(O)OP(=O)(O)OP(=O)(O)O)O[C@H]1n1cnc2c(=O)[nH]c(N)nc21. The number of H-pyrrole nitrogens is 1. The number of nitrogens with one attached hydrogen (secondary N) is 1. The number of aromatic amines is 1. The Morgan fingerprint density at radius 1 is 1.29 bits per heavy atom. The molecule has 0 aliphatic carbocycles. The van der Waals surface area contributed by atoms with Crippen LogP contribution < -0.4 is 11.3 Å². The van der Waals surface area contributed by atoms with Crippen molar-refractivity contribution in [2.24, 2.45) is 0 Å². The molecule has 3 heterocycles. The first-order valence-electron chi connectivity index (χ1n) is 8.95. The summed E-state index contributed by atoms with van der Waals surface area (Å²) < 4.78 is 52.7. The largest absolute Gasteiger partial charge is 0.490 e. The number of anilines is 1. The lowest BCUT2D eigenvalue weighted by atomic mass is 9.99. The average molecular weight is 580 g/mol. The summed E-state index contributed by atoms with van der Waals surface area (Å²) in [5.41, 5.74) is 4.63. The van der Waals surface area contributed by atoms with Crippen LogP contribution in [0.2, 0.25) is 0 Å². The van der Waals surface area contributed by atoms with Crippen molar-refractivity contribution in [3.63, 3.8) is 0 Å². The molecule has 0 saturated carbocycles. The summed E-state index contributed by atoms with van der Waals surface area (Å²) in [7, 11) is -16.9. The smallest absolute Gasteiger partial charge is 0.387 e. The zero-order valence-corrected chi connectivity index (χ0v) is 20.6. The van der Waals surface area contributed by atoms with Crippen molar-refractivity contribution in [1.29, 1.82) is 0 Å². The molecular formula is C13H17ClN5O13P3. The zero-order valence-electron chi connectivity index (χ0n) is 17.2. The van der Waals surface area contributed by atoms with Gasteiger partial charge in [0.2, 0.25) is 5.95 Å². The number of nitrogens with zero attached hydrogens (tertiary/aromatic N) is 3. The summed E-state index contributed by atoms with van der Waals surface area (Å²) >= 11 is 6.53. The molecule has 0 amide bonds. The Hall–Kier alpha value is -1.67. The van der Waals surface area contributed by atoms with E-state index in [2.05, 4.69) is 39.9 Å². The average Bonchev–Trinajstić information content (AvgIpc) is 3.17. The maximum atomic E-state index is 12.1. The van der Waals surface area contributed by atoms with Crippen LogP contribution >= 0.6 is 35.1 Å². The summed E-state index contributed by atoms with van der Waals surface area (Å²) in [6, 6.07) is 0. The number of hydrogen-bond acceptors (Lipinski definition) is 12. The monoisotopic (exact) mass is 579 g/mol. The molecule has 8 N–H and O–H groups in total. The molecule has 0 aromatic carbocycles. The fourth-order valence-corrected chi connectivity index (χ4v) is 6.49. The van der Waals surface area contributed by atoms with Gasteiger partial charge in [-0.15, -0.1) is 5.92 Å². The predicted octanol–water partition coefficient (Wildman–Crippen LogP) is -0.696. The van der Waals surface area contributed by atoms with Gasteiger partial charge in [0.1, 0.15) is 12.2 Å². The highest BCUT2D eigenvalue weighted by molar-refractivity contribution is 7.66. The number of hydrogen-bond donors (Lipinski definition) is 7. The second-order valence-corrected chi connectivity index (χ2v) is 11.8. The van der Waals surface area contributed by atoms with E-state index in [1.54, 1.807) is 0 Å². The first-order chi connectivity index (χ1) is 16.0. The van der Waals surface area contributed by atoms with Gasteiger partial charge in [0.05, 0.1) is 12.9 Å². The molecule has 35 heavy (non-hydrogen) atoms. The molecular weight excluding hydrogens is 563 g/mol. The van der Waals surface area contributed by atoms with Crippen molar-refractivity contribution in [2.45, 2.75) is 30.2 Å². The minimum atomic E-state index is -5.75. The van der Waals surface area contributed by atoms with Crippen LogP contribution in [0.5, 0.6) is 0 Å². The van der Waals surface area contributed by atoms with Gasteiger partial charge < -0.3 is 35.2 Å². The second kappa shape index (κ2) is 9.66. The van der Waals surface area contributed by atoms with Crippen molar-refractivity contribution in [3.8, 4) is 11.8 Å². The van der Waals surface area contributed by atoms with E-state index in [1.165, 1.54) is 6.92 Å². The summed E-state index contributed by atoms with van der Waals surface area (Å²) in [4.78, 5) is 56.2. The minimum Gasteiger partial charge on any atom is -0.387 e. The van der Waals surface area contributed by atoms with E-state index in [1.807, 2.05) is 0 Å². The van der Waals surface area contributed by atoms with E-state index in [0.29, 0.717) is 0 Å². The van der Waals surface area contributed by atoms with E-state index < -0.39 is 58.9 Å². The van der Waals surface area contributed by atoms with E-state index in [-0.39, 0.29) is 17.1 Å². The number of alkyl halides is 1. The quantitative estimate of drug-likeness (QED) is 0.116. The van der Waals surface area contributed by atoms with Crippen molar-refractivity contribution >= 4 is 52.2 Å². The third-order valence-corrected chi connectivity index (χ3v) is 8.59. The Balaban J connectivity index is 1.87. The molecule has 3 unspecified atom stereocenters. The van der Waals surface area contributed by atoms with Gasteiger partial charge in [0, 0.05) is 0 Å². The molecule has 0 radical (unpaired) electrons. The Kier molecular flexibility index (Phi) is 7.70. The van der Waals surface area contributed by atoms with E-state index in [0.717, 1.165) is 10.9 Å². The van der Waals surface area contributed by atoms with E-state index >= 15 is 0 Å². The third kappa shape index (κ3) is 6.19. The Morgan fingerprint density at radius 3 is 2.54 bits per heavy atom. The third-order valence-electron chi connectivity index (χ3n) is 4.28. The number of halogens is 1. The van der Waals surface area contributed by atoms with Crippen LogP contribution in [-0.4, -0.2) is 67.9 Å². The maximum Gasteiger partial charge on any atom is 0.490 e. The lowest BCUT2D eigenvalue weighted by Gasteiger charge is -2.25. The van der Waals surface area contributed by atoms with Crippen LogP contribution in [0.15, 0.2) is 11.1 Å². The van der Waals surface area contributed by atoms with Crippen molar-refractivity contribution < 1.29 is 56.3 Å². The number of fused-ring (bicyclic) bond motifs is 1. The highest BCUT2D eigenvalue weighted by Gasteiger charge is 2.56. The number of imidazole rings is 1. The van der Waals surface area contributed by atoms with Crippen molar-refractivity contribution in [2.75, 3.05) is 12.3 Å². The molecule has 194 valence electrons. The number of ether oxygens (including phenoxy) is 1. The molecule has 18 nitrogen and oxygen atoms in total. The van der Waals surface area contributed by atoms with Crippen molar-refractivity contribution in [1.82, 2.24) is 19.5 Å². The topological polar surface area (TPSA) is 279 Å². The Morgan fingerprint density at radius 2 is 1.94 bits per heavy atom. The molecule has 1 fully saturated rings. The van der Waals surface area contributed by atoms with Crippen LogP contribution in [-0.2, 0) is 31.6 Å². The first-order valence-corrected chi connectivity index (χ1v) is 13.8. The highest BCUT2D eigenvalue weighted by atomic mass is 35.5. The number of nitrogen functional groups attached to an aromatic ring is 1. The van der Waals surface area contributed by atoms with Crippen LogP contribution in [0.4, 0.5) is 5.95 Å². The van der Waals surface area contributed by atoms with E-state index in [9.17, 15) is 33.4 Å². The fraction of sp³-hybridized carbons (Fsp3) is 0.462. The van der Waals surface area contributed by atoms with Crippen LogP contribution in [0.1, 0.15) is 13.2 Å². The van der Waals surface area contributed by atoms with Gasteiger partial charge in [-0.2, -0.15) is 13.6 Å². The lowest BCUT2D eigenvalue weighted by Crippen LogP contribution is -2.41. The number of phosphoric ester groups is 1. The second-order valence-electron chi connectivity index (χ2n) is 6.78. The van der Waals surface area contributed by atoms with Gasteiger partial charge in [-0.3, -0.25) is 18.9 Å². The molecule has 1 saturated heterocycles. The molecule has 0 spiro atoms. The number of aliphatic hydroxyl groups is 1. The molecule has 1 aliphatic heterocycles. The van der Waals surface area contributed by atoms with Gasteiger partial charge in [-0.1, -0.05) is 17.5 Å². The minimum absolute atomic E-state index is 0.0973. The van der Waals surface area contributed by atoms with E-state index in [4.69, 9.17) is 31.9 Å². The maximum absolute atomic E-state index is 12.1. The van der Waals surface area contributed by atoms with Crippen LogP contribution in [0.3, 0.4) is 0 Å². The number of phosphoric acid groups is 3. The predicted molar refractivity (Wildman–Crippen MR) is 114 cm³/mol. The van der Waals surface area contributed by atoms with Gasteiger partial charge in [0.25, 0.3) is 5.56 Å². The number of rotatable bonds is 8. The van der Waals surface area contributed by atoms with Gasteiger partial charge in [-0.25, -0.2) is 18.7 Å². The normalized spacial score (nSPS) is 28.3. The molecule has 2 aromatic rings. The Bertz CT molecular complexity index is 1400. The lowest BCUT2D eigenvalue weighted by molar-refractivity contribution is -0.0428. The first kappa shape index (κ1) is 27.9. The highest BCUT2D eigenvalue weighted by Crippen LogP contribution is 2.66. The standard InChI is InChI=1S/C13H17ClN5O13P3/c1-2-3-13(14)8(20)6(4-29-34(25,26)32-35(27,28)31-33(22,23)24)30-11(13)19-5-16-7-9(19)17-12(15)18-10(7)21/h5-6,8,11,20H,4H2,1H3,(H,25,26)(H,27,28)(H2,22,23,24)(H3,15,17,18,21)/t6-,8+,11-,13?/m1/s1. The molecule has 6 atom stereocenters. The summed E-state index contributed by atoms with van der Waals surface area (Å²) in [5.74, 6) is 4.75. The number of aromatic nitrogens is 4. The Labute approximate surface area is 199 Å². The molecule has 1 aliphatic rings. The van der Waals surface area contributed by atoms with Gasteiger partial charge >= 0.3 is 23.5 Å². The number of aliphatic hydroxyl groups excluding tert-OH is 1. The fourth-order valence-electron chi connectivity index (χ4n) is 3.07. The van der Waals surface area contributed by atoms with Gasteiger partial charge in [0.15, 0.2) is 22.3 Å².